The van der Waals surface area contributed by atoms with E-state index in [1.54, 1.807) is 0 Å². The Morgan fingerprint density at radius 2 is 2.11 bits per heavy atom. The summed E-state index contributed by atoms with van der Waals surface area (Å²) in [5, 5.41) is 12.5. The molecule has 1 aliphatic rings. The Bertz CT molecular complexity index is 476. The SMILES string of the molecule is CC1(C)CCC(Nc2cnc(N)cc2C(=O)O)CC1. The lowest BCUT2D eigenvalue weighted by Gasteiger charge is -2.35. The molecule has 0 aliphatic heterocycles. The van der Waals surface area contributed by atoms with E-state index in [4.69, 9.17) is 5.73 Å². The minimum absolute atomic E-state index is 0.192. The van der Waals surface area contributed by atoms with E-state index in [0.717, 1.165) is 25.7 Å². The zero-order chi connectivity index (χ0) is 14.0. The topological polar surface area (TPSA) is 88.2 Å². The van der Waals surface area contributed by atoms with E-state index in [1.807, 2.05) is 0 Å². The van der Waals surface area contributed by atoms with Crippen LogP contribution in [0.25, 0.3) is 0 Å². The molecule has 1 aromatic heterocycles. The van der Waals surface area contributed by atoms with Gasteiger partial charge in [-0.1, -0.05) is 13.8 Å². The molecular weight excluding hydrogens is 242 g/mol. The van der Waals surface area contributed by atoms with Crippen molar-refractivity contribution in [1.29, 1.82) is 0 Å². The van der Waals surface area contributed by atoms with Crippen molar-refractivity contribution >= 4 is 17.5 Å². The molecule has 0 radical (unpaired) electrons. The van der Waals surface area contributed by atoms with Gasteiger partial charge in [0, 0.05) is 6.04 Å². The molecule has 104 valence electrons. The minimum Gasteiger partial charge on any atom is -0.478 e. The molecule has 5 heteroatoms. The van der Waals surface area contributed by atoms with Gasteiger partial charge in [-0.3, -0.25) is 0 Å². The van der Waals surface area contributed by atoms with Crippen molar-refractivity contribution in [2.24, 2.45) is 5.41 Å². The zero-order valence-electron chi connectivity index (χ0n) is 11.4. The summed E-state index contributed by atoms with van der Waals surface area (Å²) in [4.78, 5) is 15.2. The first-order valence-electron chi connectivity index (χ1n) is 6.63. The fourth-order valence-electron chi connectivity index (χ4n) is 2.53. The number of rotatable bonds is 3. The van der Waals surface area contributed by atoms with Gasteiger partial charge in [0.05, 0.1) is 17.4 Å². The molecule has 2 rings (SSSR count). The van der Waals surface area contributed by atoms with Gasteiger partial charge in [0.1, 0.15) is 5.82 Å². The lowest BCUT2D eigenvalue weighted by Crippen LogP contribution is -2.30. The molecule has 1 saturated carbocycles. The molecule has 5 nitrogen and oxygen atoms in total. The molecular formula is C14H21N3O2. The zero-order valence-corrected chi connectivity index (χ0v) is 11.4. The highest BCUT2D eigenvalue weighted by Crippen LogP contribution is 2.36. The summed E-state index contributed by atoms with van der Waals surface area (Å²) in [7, 11) is 0. The van der Waals surface area contributed by atoms with Crippen LogP contribution in [0.1, 0.15) is 49.9 Å². The van der Waals surface area contributed by atoms with Crippen LogP contribution in [0, 0.1) is 5.41 Å². The van der Waals surface area contributed by atoms with Gasteiger partial charge < -0.3 is 16.2 Å². The third-order valence-corrected chi connectivity index (χ3v) is 3.85. The third kappa shape index (κ3) is 3.36. The smallest absolute Gasteiger partial charge is 0.337 e. The van der Waals surface area contributed by atoms with E-state index in [2.05, 4.69) is 24.1 Å². The predicted molar refractivity (Wildman–Crippen MR) is 75.3 cm³/mol. The first kappa shape index (κ1) is 13.6. The van der Waals surface area contributed by atoms with Crippen LogP contribution in [0.2, 0.25) is 0 Å². The van der Waals surface area contributed by atoms with Gasteiger partial charge in [0.2, 0.25) is 0 Å². The fourth-order valence-corrected chi connectivity index (χ4v) is 2.53. The fraction of sp³-hybridized carbons (Fsp3) is 0.571. The van der Waals surface area contributed by atoms with Crippen molar-refractivity contribution in [3.63, 3.8) is 0 Å². The van der Waals surface area contributed by atoms with Crippen molar-refractivity contribution in [2.45, 2.75) is 45.6 Å². The van der Waals surface area contributed by atoms with Crippen molar-refractivity contribution < 1.29 is 9.90 Å². The van der Waals surface area contributed by atoms with Crippen LogP contribution in [0.5, 0.6) is 0 Å². The van der Waals surface area contributed by atoms with E-state index in [1.165, 1.54) is 12.3 Å². The highest BCUT2D eigenvalue weighted by Gasteiger charge is 2.27. The van der Waals surface area contributed by atoms with Crippen LogP contribution in [0.15, 0.2) is 12.3 Å². The summed E-state index contributed by atoms with van der Waals surface area (Å²) in [6.07, 6.45) is 5.91. The quantitative estimate of drug-likeness (QED) is 0.780. The largest absolute Gasteiger partial charge is 0.478 e. The molecule has 0 bridgehead atoms. The molecule has 1 fully saturated rings. The van der Waals surface area contributed by atoms with Crippen LogP contribution in [-0.4, -0.2) is 22.1 Å². The standard InChI is InChI=1S/C14H21N3O2/c1-14(2)5-3-9(4-6-14)17-11-8-16-12(15)7-10(11)13(18)19/h7-9,17H,3-6H2,1-2H3,(H2,15,16)(H,18,19). The van der Waals surface area contributed by atoms with Crippen molar-refractivity contribution in [3.05, 3.63) is 17.8 Å². The average Bonchev–Trinajstić information content (AvgIpc) is 2.33. The maximum Gasteiger partial charge on any atom is 0.337 e. The Kier molecular flexibility index (Phi) is 3.64. The molecule has 4 N–H and O–H groups in total. The second-order valence-electron chi connectivity index (χ2n) is 6.04. The monoisotopic (exact) mass is 263 g/mol. The van der Waals surface area contributed by atoms with E-state index in [-0.39, 0.29) is 11.4 Å². The van der Waals surface area contributed by atoms with Crippen LogP contribution >= 0.6 is 0 Å². The number of aromatic carboxylic acids is 1. The molecule has 19 heavy (non-hydrogen) atoms. The average molecular weight is 263 g/mol. The summed E-state index contributed by atoms with van der Waals surface area (Å²) in [5.41, 5.74) is 6.68. The molecule has 0 atom stereocenters. The summed E-state index contributed by atoms with van der Waals surface area (Å²) in [5.74, 6) is -0.750. The first-order chi connectivity index (χ1) is 8.87. The van der Waals surface area contributed by atoms with Crippen LogP contribution in [0.4, 0.5) is 11.5 Å². The minimum atomic E-state index is -0.979. The molecule has 0 spiro atoms. The van der Waals surface area contributed by atoms with Crippen LogP contribution in [0.3, 0.4) is 0 Å². The van der Waals surface area contributed by atoms with Gasteiger partial charge >= 0.3 is 5.97 Å². The Labute approximate surface area is 113 Å². The maximum absolute atomic E-state index is 11.2. The molecule has 0 saturated heterocycles. The highest BCUT2D eigenvalue weighted by atomic mass is 16.4. The van der Waals surface area contributed by atoms with E-state index < -0.39 is 5.97 Å². The summed E-state index contributed by atoms with van der Waals surface area (Å²) in [6, 6.07) is 1.72. The summed E-state index contributed by atoms with van der Waals surface area (Å²) in [6.45, 7) is 4.55. The molecule has 0 aromatic carbocycles. The lowest BCUT2D eigenvalue weighted by atomic mass is 9.75. The number of pyridine rings is 1. The van der Waals surface area contributed by atoms with Gasteiger partial charge in [-0.05, 0) is 37.2 Å². The Morgan fingerprint density at radius 1 is 1.47 bits per heavy atom. The third-order valence-electron chi connectivity index (χ3n) is 3.85. The Balaban J connectivity index is 2.10. The molecule has 0 amide bonds. The number of carboxylic acids is 1. The molecule has 1 heterocycles. The Morgan fingerprint density at radius 3 is 2.68 bits per heavy atom. The van der Waals surface area contributed by atoms with E-state index in [0.29, 0.717) is 17.1 Å². The molecule has 1 aliphatic carbocycles. The number of nitrogens with one attached hydrogen (secondary N) is 1. The van der Waals surface area contributed by atoms with Gasteiger partial charge in [-0.25, -0.2) is 9.78 Å². The van der Waals surface area contributed by atoms with Crippen molar-refractivity contribution in [2.75, 3.05) is 11.1 Å². The van der Waals surface area contributed by atoms with Crippen molar-refractivity contribution in [1.82, 2.24) is 4.98 Å². The Hall–Kier alpha value is -1.78. The number of aromatic nitrogens is 1. The molecule has 0 unspecified atom stereocenters. The summed E-state index contributed by atoms with van der Waals surface area (Å²) < 4.78 is 0. The number of nitrogens with zero attached hydrogens (tertiary/aromatic N) is 1. The van der Waals surface area contributed by atoms with Crippen LogP contribution in [-0.2, 0) is 0 Å². The number of hydrogen-bond donors (Lipinski definition) is 3. The van der Waals surface area contributed by atoms with E-state index in [9.17, 15) is 9.90 Å². The number of nitrogen functional groups attached to an aromatic ring is 1. The first-order valence-corrected chi connectivity index (χ1v) is 6.63. The predicted octanol–water partition coefficient (Wildman–Crippen LogP) is 2.74. The van der Waals surface area contributed by atoms with Gasteiger partial charge in [-0.15, -0.1) is 0 Å². The van der Waals surface area contributed by atoms with Gasteiger partial charge in [0.25, 0.3) is 0 Å². The number of hydrogen-bond acceptors (Lipinski definition) is 4. The number of nitrogens with two attached hydrogens (primary N) is 1. The number of anilines is 2. The normalized spacial score (nSPS) is 19.1. The maximum atomic E-state index is 11.2. The van der Waals surface area contributed by atoms with Crippen LogP contribution < -0.4 is 11.1 Å². The number of carbonyl (C=O) groups is 1. The second-order valence-corrected chi connectivity index (χ2v) is 6.04. The lowest BCUT2D eigenvalue weighted by molar-refractivity contribution is 0.0697. The summed E-state index contributed by atoms with van der Waals surface area (Å²) >= 11 is 0. The second kappa shape index (κ2) is 5.07. The highest BCUT2D eigenvalue weighted by molar-refractivity contribution is 5.94. The van der Waals surface area contributed by atoms with Crippen molar-refractivity contribution in [3.8, 4) is 0 Å². The van der Waals surface area contributed by atoms with Gasteiger partial charge in [0.15, 0.2) is 0 Å². The van der Waals surface area contributed by atoms with Gasteiger partial charge in [-0.2, -0.15) is 0 Å². The van der Waals surface area contributed by atoms with E-state index >= 15 is 0 Å². The number of carboxylic acid groups (broad SMARTS) is 1. The molecule has 1 aromatic rings.